The summed E-state index contributed by atoms with van der Waals surface area (Å²) in [4.78, 5) is 53.0. The van der Waals surface area contributed by atoms with Gasteiger partial charge in [-0.25, -0.2) is 14.4 Å². The number of hydrogen-bond acceptors (Lipinski definition) is 10. The van der Waals surface area contributed by atoms with Crippen LogP contribution in [0.15, 0.2) is 118 Å². The van der Waals surface area contributed by atoms with E-state index < -0.39 is 23.5 Å². The van der Waals surface area contributed by atoms with Gasteiger partial charge in [0.1, 0.15) is 5.75 Å². The lowest BCUT2D eigenvalue weighted by Gasteiger charge is -2.38. The maximum absolute atomic E-state index is 12.4. The molecule has 1 atom stereocenters. The number of esters is 1. The summed E-state index contributed by atoms with van der Waals surface area (Å²) in [6.07, 6.45) is 4.20. The fraction of sp³-hybridized carbons (Fsp3) is 0.318. The quantitative estimate of drug-likeness (QED) is 0.0685. The molecule has 10 nitrogen and oxygen atoms in total. The van der Waals surface area contributed by atoms with Crippen LogP contribution in [-0.4, -0.2) is 94.9 Å². The molecule has 2 aliphatic heterocycles. The Kier molecular flexibility index (Phi) is 16.8. The molecule has 2 heterocycles. The number of benzene rings is 4. The van der Waals surface area contributed by atoms with E-state index >= 15 is 0 Å². The first-order chi connectivity index (χ1) is 27.1. The van der Waals surface area contributed by atoms with Crippen LogP contribution in [-0.2, 0) is 25.5 Å². The maximum atomic E-state index is 12.4. The number of aliphatic carboxylic acids is 2. The molecule has 57 heavy (non-hydrogen) atoms. The van der Waals surface area contributed by atoms with E-state index in [9.17, 15) is 19.2 Å². The Balaban J connectivity index is 0.000000213. The number of ether oxygens (including phenoxy) is 2. The SMILES string of the molecule is CC(C)OC(=O)C(C)(C)Oc1ccc(C(=O)c2ccc(Cl)cc2)cc1.CSc1ccc2c(c1)C(N1CCN(C)CC1)Cc1ccccc1S2.O=C(O)C=CC(=O)O. The van der Waals surface area contributed by atoms with E-state index in [2.05, 4.69) is 65.6 Å². The molecule has 4 aromatic carbocycles. The van der Waals surface area contributed by atoms with Crippen molar-refractivity contribution in [2.45, 2.75) is 66.5 Å². The maximum Gasteiger partial charge on any atom is 0.350 e. The first-order valence-electron chi connectivity index (χ1n) is 18.4. The number of piperazine rings is 1. The largest absolute Gasteiger partial charge is 0.478 e. The van der Waals surface area contributed by atoms with Gasteiger partial charge in [0.25, 0.3) is 0 Å². The fourth-order valence-electron chi connectivity index (χ4n) is 5.95. The summed E-state index contributed by atoms with van der Waals surface area (Å²) in [6, 6.07) is 29.8. The topological polar surface area (TPSA) is 134 Å². The summed E-state index contributed by atoms with van der Waals surface area (Å²) in [7, 11) is 2.23. The van der Waals surface area contributed by atoms with Crippen molar-refractivity contribution in [2.75, 3.05) is 39.5 Å². The fourth-order valence-corrected chi connectivity index (χ4v) is 7.64. The molecule has 0 bridgehead atoms. The standard InChI is InChI=1S/C20H21ClO4.C20H24N2S2.C4H4O4/c1-13(2)24-19(23)20(3,4)25-17-11-7-15(8-12-17)18(22)14-5-9-16(21)10-6-14;1-21-9-11-22(12-10-21)18-13-15-5-3-4-6-19(15)24-20-8-7-16(23-2)14-17(18)20;5-3(6)1-2-4(7)8/h5-13H,1-4H3;3-8,14,18H,9-13H2,1-2H3;1-2H,(H,5,6)(H,7,8). The molecule has 13 heteroatoms. The molecule has 0 aromatic heterocycles. The van der Waals surface area contributed by atoms with Crippen molar-refractivity contribution in [1.82, 2.24) is 9.80 Å². The van der Waals surface area contributed by atoms with E-state index in [-0.39, 0.29) is 11.9 Å². The molecular formula is C44H49ClN2O8S2. The second-order valence-electron chi connectivity index (χ2n) is 14.1. The number of carboxylic acid groups (broad SMARTS) is 2. The smallest absolute Gasteiger partial charge is 0.350 e. The van der Waals surface area contributed by atoms with E-state index in [1.165, 1.54) is 38.9 Å². The van der Waals surface area contributed by atoms with Gasteiger partial charge in [-0.05, 0) is 131 Å². The molecule has 2 aliphatic rings. The average Bonchev–Trinajstić information content (AvgIpc) is 3.34. The Hall–Kier alpha value is -4.59. The zero-order valence-corrected chi connectivity index (χ0v) is 35.3. The number of rotatable bonds is 10. The van der Waals surface area contributed by atoms with E-state index in [4.69, 9.17) is 31.3 Å². The molecule has 2 N–H and O–H groups in total. The Bertz CT molecular complexity index is 2010. The molecule has 6 rings (SSSR count). The summed E-state index contributed by atoms with van der Waals surface area (Å²) < 4.78 is 10.9. The van der Waals surface area contributed by atoms with Gasteiger partial charge in [-0.15, -0.1) is 11.8 Å². The van der Waals surface area contributed by atoms with E-state index in [1.54, 1.807) is 76.2 Å². The Morgan fingerprint density at radius 3 is 1.98 bits per heavy atom. The van der Waals surface area contributed by atoms with Gasteiger partial charge >= 0.3 is 17.9 Å². The highest BCUT2D eigenvalue weighted by Gasteiger charge is 2.33. The lowest BCUT2D eigenvalue weighted by Crippen LogP contribution is -2.46. The van der Waals surface area contributed by atoms with Gasteiger partial charge in [-0.1, -0.05) is 41.6 Å². The van der Waals surface area contributed by atoms with Gasteiger partial charge < -0.3 is 24.6 Å². The minimum atomic E-state index is -1.26. The summed E-state index contributed by atoms with van der Waals surface area (Å²) in [5.74, 6) is -2.58. The van der Waals surface area contributed by atoms with Crippen molar-refractivity contribution in [3.8, 4) is 5.75 Å². The second kappa shape index (κ2) is 21.2. The minimum absolute atomic E-state index is 0.110. The van der Waals surface area contributed by atoms with E-state index in [1.807, 2.05) is 23.5 Å². The number of likely N-dealkylation sites (N-methyl/N-ethyl adjacent to an activating group) is 1. The van der Waals surface area contributed by atoms with Crippen molar-refractivity contribution < 1.29 is 38.9 Å². The van der Waals surface area contributed by atoms with Crippen LogP contribution in [0.1, 0.15) is 60.8 Å². The highest BCUT2D eigenvalue weighted by atomic mass is 35.5. The number of hydrogen-bond donors (Lipinski definition) is 2. The normalized spacial score (nSPS) is 15.5. The highest BCUT2D eigenvalue weighted by molar-refractivity contribution is 7.99. The van der Waals surface area contributed by atoms with Crippen LogP contribution in [0.5, 0.6) is 5.75 Å². The molecule has 0 amide bonds. The summed E-state index contributed by atoms with van der Waals surface area (Å²) in [5, 5.41) is 16.2. The molecule has 0 aliphatic carbocycles. The third-order valence-corrected chi connectivity index (χ3v) is 11.1. The summed E-state index contributed by atoms with van der Waals surface area (Å²) in [6.45, 7) is 11.5. The van der Waals surface area contributed by atoms with Crippen molar-refractivity contribution in [2.24, 2.45) is 0 Å². The lowest BCUT2D eigenvalue weighted by molar-refractivity contribution is -0.163. The number of thioether (sulfide) groups is 1. The van der Waals surface area contributed by atoms with E-state index in [0.717, 1.165) is 19.5 Å². The Labute approximate surface area is 348 Å². The predicted molar refractivity (Wildman–Crippen MR) is 226 cm³/mol. The molecule has 1 fully saturated rings. The molecular weight excluding hydrogens is 784 g/mol. The van der Waals surface area contributed by atoms with Gasteiger partial charge in [0.15, 0.2) is 11.4 Å². The van der Waals surface area contributed by atoms with Crippen molar-refractivity contribution in [3.05, 3.63) is 130 Å². The number of halogens is 1. The number of carboxylic acids is 2. The van der Waals surface area contributed by atoms with Gasteiger partial charge in [-0.3, -0.25) is 9.69 Å². The van der Waals surface area contributed by atoms with Gasteiger partial charge in [0.05, 0.1) is 6.10 Å². The number of fused-ring (bicyclic) bond motifs is 2. The molecule has 1 unspecified atom stereocenters. The number of ketones is 1. The predicted octanol–water partition coefficient (Wildman–Crippen LogP) is 8.80. The van der Waals surface area contributed by atoms with Crippen LogP contribution < -0.4 is 4.74 Å². The van der Waals surface area contributed by atoms with Crippen LogP contribution in [0, 0.1) is 0 Å². The second-order valence-corrected chi connectivity index (χ2v) is 16.5. The van der Waals surface area contributed by atoms with Crippen molar-refractivity contribution in [3.63, 3.8) is 0 Å². The lowest BCUT2D eigenvalue weighted by atomic mass is 9.96. The molecule has 4 aromatic rings. The highest BCUT2D eigenvalue weighted by Crippen LogP contribution is 2.44. The van der Waals surface area contributed by atoms with Crippen LogP contribution in [0.4, 0.5) is 0 Å². The van der Waals surface area contributed by atoms with Gasteiger partial charge in [0, 0.05) is 75.2 Å². The average molecular weight is 833 g/mol. The number of nitrogens with zero attached hydrogens (tertiary/aromatic N) is 2. The zero-order chi connectivity index (χ0) is 41.7. The minimum Gasteiger partial charge on any atom is -0.478 e. The number of carbonyl (C=O) groups is 4. The van der Waals surface area contributed by atoms with Crippen LogP contribution in [0.25, 0.3) is 0 Å². The first-order valence-corrected chi connectivity index (χ1v) is 20.8. The monoisotopic (exact) mass is 832 g/mol. The van der Waals surface area contributed by atoms with Crippen LogP contribution in [0.2, 0.25) is 5.02 Å². The van der Waals surface area contributed by atoms with Crippen LogP contribution in [0.3, 0.4) is 0 Å². The molecule has 0 saturated carbocycles. The summed E-state index contributed by atoms with van der Waals surface area (Å²) >= 11 is 9.63. The zero-order valence-electron chi connectivity index (χ0n) is 32.9. The molecule has 302 valence electrons. The summed E-state index contributed by atoms with van der Waals surface area (Å²) in [5.41, 5.74) is 2.98. The van der Waals surface area contributed by atoms with E-state index in [0.29, 0.717) is 40.1 Å². The molecule has 1 saturated heterocycles. The van der Waals surface area contributed by atoms with Gasteiger partial charge in [-0.2, -0.15) is 0 Å². The third-order valence-electron chi connectivity index (χ3n) is 8.96. The van der Waals surface area contributed by atoms with Crippen molar-refractivity contribution in [1.29, 1.82) is 0 Å². The van der Waals surface area contributed by atoms with Crippen LogP contribution >= 0.6 is 35.1 Å². The molecule has 0 spiro atoms. The number of carbonyl (C=O) groups excluding carboxylic acids is 2. The van der Waals surface area contributed by atoms with Crippen molar-refractivity contribution >= 4 is 58.8 Å². The Morgan fingerprint density at radius 1 is 0.842 bits per heavy atom. The Morgan fingerprint density at radius 2 is 1.42 bits per heavy atom. The third kappa shape index (κ3) is 13.8. The molecule has 0 radical (unpaired) electrons. The first kappa shape index (κ1) is 45.1. The van der Waals surface area contributed by atoms with Gasteiger partial charge in [0.2, 0.25) is 0 Å².